The lowest BCUT2D eigenvalue weighted by molar-refractivity contribution is 0.0943. The van der Waals surface area contributed by atoms with Gasteiger partial charge < -0.3 is 15.5 Å². The molecule has 1 unspecified atom stereocenters. The molecule has 1 fully saturated rings. The Morgan fingerprint density at radius 3 is 3.15 bits per heavy atom. The van der Waals surface area contributed by atoms with E-state index in [1.807, 2.05) is 12.1 Å². The minimum atomic E-state index is 0.0543. The number of benzene rings is 1. The van der Waals surface area contributed by atoms with E-state index in [9.17, 15) is 4.79 Å². The summed E-state index contributed by atoms with van der Waals surface area (Å²) in [7, 11) is 2.13. The van der Waals surface area contributed by atoms with Gasteiger partial charge in [0.05, 0.1) is 0 Å². The van der Waals surface area contributed by atoms with Gasteiger partial charge in [0.15, 0.2) is 0 Å². The lowest BCUT2D eigenvalue weighted by Gasteiger charge is -2.20. The molecular weight excluding hydrogens is 250 g/mol. The number of likely N-dealkylation sites (N-methyl/N-ethyl adjacent to an activating group) is 1. The Labute approximate surface area is 120 Å². The topological polar surface area (TPSA) is 44.4 Å². The largest absolute Gasteiger partial charge is 0.350 e. The van der Waals surface area contributed by atoms with Crippen LogP contribution in [0.3, 0.4) is 0 Å². The zero-order chi connectivity index (χ0) is 13.9. The number of carbonyl (C=O) groups excluding carboxylic acids is 1. The van der Waals surface area contributed by atoms with Gasteiger partial charge in [-0.05, 0) is 62.7 Å². The second-order valence-electron chi connectivity index (χ2n) is 5.90. The Hall–Kier alpha value is -1.39. The van der Waals surface area contributed by atoms with Gasteiger partial charge in [0, 0.05) is 24.7 Å². The molecule has 20 heavy (non-hydrogen) atoms. The fourth-order valence-corrected chi connectivity index (χ4v) is 3.17. The first-order chi connectivity index (χ1) is 9.74. The highest BCUT2D eigenvalue weighted by Gasteiger charge is 2.21. The molecule has 0 aromatic heterocycles. The van der Waals surface area contributed by atoms with Crippen LogP contribution >= 0.6 is 0 Å². The predicted octanol–water partition coefficient (Wildman–Crippen LogP) is 1.16. The monoisotopic (exact) mass is 273 g/mol. The molecule has 0 saturated carbocycles. The Morgan fingerprint density at radius 1 is 1.45 bits per heavy atom. The standard InChI is InChI=1S/C16H23N3O/c1-19-8-2-3-15(19)11-18-16(20)13-5-4-12-6-7-17-10-14(12)9-13/h4-5,9,15,17H,2-3,6-8,10-11H2,1H3,(H,18,20). The number of nitrogens with one attached hydrogen (secondary N) is 2. The highest BCUT2D eigenvalue weighted by molar-refractivity contribution is 5.94. The molecular formula is C16H23N3O. The predicted molar refractivity (Wildman–Crippen MR) is 79.8 cm³/mol. The number of carbonyl (C=O) groups is 1. The molecule has 4 heteroatoms. The van der Waals surface area contributed by atoms with Gasteiger partial charge in [0.2, 0.25) is 0 Å². The third-order valence-electron chi connectivity index (χ3n) is 4.52. The number of amides is 1. The van der Waals surface area contributed by atoms with Crippen LogP contribution in [0.1, 0.15) is 34.3 Å². The van der Waals surface area contributed by atoms with Gasteiger partial charge in [0.1, 0.15) is 0 Å². The summed E-state index contributed by atoms with van der Waals surface area (Å²) < 4.78 is 0. The van der Waals surface area contributed by atoms with E-state index < -0.39 is 0 Å². The number of hydrogen-bond acceptors (Lipinski definition) is 3. The van der Waals surface area contributed by atoms with Gasteiger partial charge in [-0.1, -0.05) is 6.07 Å². The summed E-state index contributed by atoms with van der Waals surface area (Å²) in [5, 5.41) is 6.43. The lowest BCUT2D eigenvalue weighted by atomic mass is 9.98. The van der Waals surface area contributed by atoms with Gasteiger partial charge in [-0.15, -0.1) is 0 Å². The van der Waals surface area contributed by atoms with E-state index in [1.165, 1.54) is 24.0 Å². The molecule has 3 rings (SSSR count). The van der Waals surface area contributed by atoms with Gasteiger partial charge in [-0.2, -0.15) is 0 Å². The number of nitrogens with zero attached hydrogens (tertiary/aromatic N) is 1. The van der Waals surface area contributed by atoms with Crippen molar-refractivity contribution in [2.45, 2.75) is 31.8 Å². The van der Waals surface area contributed by atoms with E-state index in [4.69, 9.17) is 0 Å². The fraction of sp³-hybridized carbons (Fsp3) is 0.562. The first kappa shape index (κ1) is 13.6. The maximum absolute atomic E-state index is 12.2. The van der Waals surface area contributed by atoms with Gasteiger partial charge in [0.25, 0.3) is 5.91 Å². The van der Waals surface area contributed by atoms with Crippen LogP contribution in [0.5, 0.6) is 0 Å². The van der Waals surface area contributed by atoms with E-state index >= 15 is 0 Å². The van der Waals surface area contributed by atoms with Crippen LogP contribution in [0.25, 0.3) is 0 Å². The molecule has 0 spiro atoms. The third kappa shape index (κ3) is 2.86. The van der Waals surface area contributed by atoms with Crippen LogP contribution in [0.15, 0.2) is 18.2 Å². The highest BCUT2D eigenvalue weighted by atomic mass is 16.1. The Kier molecular flexibility index (Phi) is 4.03. The van der Waals surface area contributed by atoms with Gasteiger partial charge in [-0.3, -0.25) is 4.79 Å². The van der Waals surface area contributed by atoms with Crippen molar-refractivity contribution in [3.05, 3.63) is 34.9 Å². The molecule has 2 aliphatic rings. The zero-order valence-corrected chi connectivity index (χ0v) is 12.1. The van der Waals surface area contributed by atoms with Crippen LogP contribution in [0.2, 0.25) is 0 Å². The zero-order valence-electron chi connectivity index (χ0n) is 12.1. The van der Waals surface area contributed by atoms with Crippen LogP contribution < -0.4 is 10.6 Å². The van der Waals surface area contributed by atoms with Crippen molar-refractivity contribution in [3.8, 4) is 0 Å². The van der Waals surface area contributed by atoms with Gasteiger partial charge >= 0.3 is 0 Å². The first-order valence-corrected chi connectivity index (χ1v) is 7.55. The molecule has 1 aromatic rings. The molecule has 2 heterocycles. The molecule has 2 aliphatic heterocycles. The number of rotatable bonds is 3. The molecule has 0 aliphatic carbocycles. The lowest BCUT2D eigenvalue weighted by Crippen LogP contribution is -2.38. The van der Waals surface area contributed by atoms with Crippen molar-refractivity contribution in [2.24, 2.45) is 0 Å². The summed E-state index contributed by atoms with van der Waals surface area (Å²) in [6, 6.07) is 6.60. The number of fused-ring (bicyclic) bond motifs is 1. The second-order valence-corrected chi connectivity index (χ2v) is 5.90. The van der Waals surface area contributed by atoms with E-state index in [1.54, 1.807) is 0 Å². The number of hydrogen-bond donors (Lipinski definition) is 2. The summed E-state index contributed by atoms with van der Waals surface area (Å²) in [4.78, 5) is 14.6. The second kappa shape index (κ2) is 5.94. The SMILES string of the molecule is CN1CCCC1CNC(=O)c1ccc2c(c1)CNCC2. The summed E-state index contributed by atoms with van der Waals surface area (Å²) in [6.45, 7) is 3.81. The molecule has 1 saturated heterocycles. The van der Waals surface area contributed by atoms with Crippen molar-refractivity contribution in [2.75, 3.05) is 26.7 Å². The summed E-state index contributed by atoms with van der Waals surface area (Å²) in [5.41, 5.74) is 3.42. The maximum Gasteiger partial charge on any atom is 0.251 e. The molecule has 1 aromatic carbocycles. The molecule has 2 N–H and O–H groups in total. The maximum atomic E-state index is 12.2. The Bertz CT molecular complexity index is 500. The van der Waals surface area contributed by atoms with Crippen LogP contribution in [0, 0.1) is 0 Å². The van der Waals surface area contributed by atoms with Crippen LogP contribution in [0.4, 0.5) is 0 Å². The molecule has 1 amide bonds. The van der Waals surface area contributed by atoms with Crippen molar-refractivity contribution in [1.29, 1.82) is 0 Å². The normalized spacial score (nSPS) is 22.6. The van der Waals surface area contributed by atoms with Crippen molar-refractivity contribution >= 4 is 5.91 Å². The van der Waals surface area contributed by atoms with Crippen molar-refractivity contribution in [3.63, 3.8) is 0 Å². The van der Waals surface area contributed by atoms with Crippen LogP contribution in [-0.2, 0) is 13.0 Å². The smallest absolute Gasteiger partial charge is 0.251 e. The minimum Gasteiger partial charge on any atom is -0.350 e. The fourth-order valence-electron chi connectivity index (χ4n) is 3.17. The van der Waals surface area contributed by atoms with E-state index in [2.05, 4.69) is 28.6 Å². The number of likely N-dealkylation sites (tertiary alicyclic amines) is 1. The quantitative estimate of drug-likeness (QED) is 0.868. The van der Waals surface area contributed by atoms with Gasteiger partial charge in [-0.25, -0.2) is 0 Å². The van der Waals surface area contributed by atoms with Crippen molar-refractivity contribution < 1.29 is 4.79 Å². The molecule has 108 valence electrons. The van der Waals surface area contributed by atoms with Crippen LogP contribution in [-0.4, -0.2) is 43.5 Å². The minimum absolute atomic E-state index is 0.0543. The molecule has 0 radical (unpaired) electrons. The Balaban J connectivity index is 1.62. The summed E-state index contributed by atoms with van der Waals surface area (Å²) in [5.74, 6) is 0.0543. The summed E-state index contributed by atoms with van der Waals surface area (Å²) >= 11 is 0. The third-order valence-corrected chi connectivity index (χ3v) is 4.52. The average Bonchev–Trinajstić information content (AvgIpc) is 2.89. The highest BCUT2D eigenvalue weighted by Crippen LogP contribution is 2.17. The van der Waals surface area contributed by atoms with E-state index in [0.717, 1.165) is 38.2 Å². The first-order valence-electron chi connectivity index (χ1n) is 7.55. The molecule has 4 nitrogen and oxygen atoms in total. The van der Waals surface area contributed by atoms with E-state index in [-0.39, 0.29) is 5.91 Å². The molecule has 1 atom stereocenters. The van der Waals surface area contributed by atoms with Crippen molar-refractivity contribution in [1.82, 2.24) is 15.5 Å². The summed E-state index contributed by atoms with van der Waals surface area (Å²) in [6.07, 6.45) is 3.48. The van der Waals surface area contributed by atoms with E-state index in [0.29, 0.717) is 6.04 Å². The molecule has 0 bridgehead atoms. The average molecular weight is 273 g/mol. The Morgan fingerprint density at radius 2 is 2.35 bits per heavy atom.